The van der Waals surface area contributed by atoms with Crippen LogP contribution in [-0.4, -0.2) is 33.6 Å². The van der Waals surface area contributed by atoms with Gasteiger partial charge in [0, 0.05) is 29.9 Å². The number of nitrogens with one attached hydrogen (secondary N) is 1. The van der Waals surface area contributed by atoms with E-state index in [2.05, 4.69) is 5.32 Å². The van der Waals surface area contributed by atoms with Crippen molar-refractivity contribution in [2.45, 2.75) is 29.8 Å². The van der Waals surface area contributed by atoms with Crippen LogP contribution in [0.1, 0.15) is 29.6 Å². The van der Waals surface area contributed by atoms with Crippen molar-refractivity contribution in [1.82, 2.24) is 5.32 Å². The fourth-order valence-electron chi connectivity index (χ4n) is 2.20. The van der Waals surface area contributed by atoms with Crippen molar-refractivity contribution in [2.75, 3.05) is 13.7 Å². The average Bonchev–Trinajstić information content (AvgIpc) is 2.36. The molecule has 1 fully saturated rings. The van der Waals surface area contributed by atoms with E-state index < -0.39 is 25.7 Å². The summed E-state index contributed by atoms with van der Waals surface area (Å²) in [5.41, 5.74) is -0.468. The zero-order chi connectivity index (χ0) is 15.7. The van der Waals surface area contributed by atoms with Gasteiger partial charge in [0.1, 0.15) is 5.82 Å². The molecule has 0 aliphatic heterocycles. The second-order valence-corrected chi connectivity index (χ2v) is 7.60. The van der Waals surface area contributed by atoms with Crippen LogP contribution in [0.5, 0.6) is 0 Å². The van der Waals surface area contributed by atoms with E-state index in [-0.39, 0.29) is 11.2 Å². The highest BCUT2D eigenvalue weighted by molar-refractivity contribution is 8.13. The molecule has 5 nitrogen and oxygen atoms in total. The highest BCUT2D eigenvalue weighted by atomic mass is 35.7. The van der Waals surface area contributed by atoms with Gasteiger partial charge in [0.05, 0.1) is 10.5 Å². The third kappa shape index (κ3) is 3.72. The number of ether oxygens (including phenoxy) is 1. The topological polar surface area (TPSA) is 72.5 Å². The molecule has 0 spiro atoms. The molecule has 0 heterocycles. The second-order valence-electron chi connectivity index (χ2n) is 5.04. The molecule has 21 heavy (non-hydrogen) atoms. The Kier molecular flexibility index (Phi) is 4.55. The van der Waals surface area contributed by atoms with Gasteiger partial charge in [-0.2, -0.15) is 0 Å². The van der Waals surface area contributed by atoms with Gasteiger partial charge in [-0.1, -0.05) is 0 Å². The van der Waals surface area contributed by atoms with Crippen LogP contribution in [0.4, 0.5) is 4.39 Å². The summed E-state index contributed by atoms with van der Waals surface area (Å²) in [5.74, 6) is -1.41. The lowest BCUT2D eigenvalue weighted by molar-refractivity contribution is -0.0679. The summed E-state index contributed by atoms with van der Waals surface area (Å²) in [5, 5.41) is 2.63. The number of benzene rings is 1. The molecular weight excluding hydrogens is 321 g/mol. The van der Waals surface area contributed by atoms with Gasteiger partial charge in [0.15, 0.2) is 0 Å². The molecule has 0 unspecified atom stereocenters. The van der Waals surface area contributed by atoms with Crippen molar-refractivity contribution >= 4 is 25.6 Å². The van der Waals surface area contributed by atoms with E-state index in [1.165, 1.54) is 0 Å². The largest absolute Gasteiger partial charge is 0.376 e. The Morgan fingerprint density at radius 3 is 2.57 bits per heavy atom. The Hall–Kier alpha value is -1.18. The van der Waals surface area contributed by atoms with E-state index in [1.807, 2.05) is 0 Å². The Balaban J connectivity index is 2.14. The molecule has 1 aliphatic rings. The summed E-state index contributed by atoms with van der Waals surface area (Å²) in [6, 6.07) is 2.77. The van der Waals surface area contributed by atoms with Gasteiger partial charge < -0.3 is 10.1 Å². The maximum Gasteiger partial charge on any atom is 0.261 e. The van der Waals surface area contributed by atoms with Gasteiger partial charge in [0.25, 0.3) is 15.0 Å². The summed E-state index contributed by atoms with van der Waals surface area (Å²) in [6.07, 6.45) is 2.71. The number of hydrogen-bond acceptors (Lipinski definition) is 4. The predicted octanol–water partition coefficient (Wildman–Crippen LogP) is 2.05. The Morgan fingerprint density at radius 2 is 2.10 bits per heavy atom. The first-order valence-corrected chi connectivity index (χ1v) is 8.65. The minimum absolute atomic E-state index is 0.0974. The zero-order valence-corrected chi connectivity index (χ0v) is 12.9. The van der Waals surface area contributed by atoms with Gasteiger partial charge in [-0.25, -0.2) is 12.8 Å². The van der Waals surface area contributed by atoms with Crippen molar-refractivity contribution < 1.29 is 22.3 Å². The lowest BCUT2D eigenvalue weighted by Crippen LogP contribution is -2.49. The normalized spacial score (nSPS) is 17.1. The summed E-state index contributed by atoms with van der Waals surface area (Å²) in [4.78, 5) is 11.6. The van der Waals surface area contributed by atoms with E-state index in [0.717, 1.165) is 37.5 Å². The molecular formula is C13H15ClFNO4S. The predicted molar refractivity (Wildman–Crippen MR) is 75.4 cm³/mol. The van der Waals surface area contributed by atoms with Crippen molar-refractivity contribution in [3.05, 3.63) is 29.6 Å². The monoisotopic (exact) mass is 335 g/mol. The van der Waals surface area contributed by atoms with Gasteiger partial charge in [-0.05, 0) is 37.5 Å². The number of methoxy groups -OCH3 is 1. The molecule has 0 radical (unpaired) electrons. The molecule has 0 saturated heterocycles. The molecule has 0 bridgehead atoms. The molecule has 1 N–H and O–H groups in total. The fourth-order valence-corrected chi connectivity index (χ4v) is 2.99. The van der Waals surface area contributed by atoms with Crippen molar-refractivity contribution in [3.63, 3.8) is 0 Å². The lowest BCUT2D eigenvalue weighted by atomic mass is 9.80. The maximum atomic E-state index is 13.4. The minimum atomic E-state index is -4.10. The summed E-state index contributed by atoms with van der Waals surface area (Å²) >= 11 is 0. The number of hydrogen-bond donors (Lipinski definition) is 1. The van der Waals surface area contributed by atoms with Gasteiger partial charge in [-0.15, -0.1) is 0 Å². The quantitative estimate of drug-likeness (QED) is 0.836. The third-order valence-corrected chi connectivity index (χ3v) is 5.02. The fraction of sp³-hybridized carbons (Fsp3) is 0.462. The molecule has 116 valence electrons. The number of halogens is 2. The van der Waals surface area contributed by atoms with Crippen molar-refractivity contribution in [1.29, 1.82) is 0 Å². The van der Waals surface area contributed by atoms with Crippen LogP contribution in [-0.2, 0) is 13.8 Å². The molecule has 8 heteroatoms. The number of amides is 1. The molecule has 1 saturated carbocycles. The molecule has 1 aromatic rings. The Bertz CT molecular complexity index is 653. The van der Waals surface area contributed by atoms with Gasteiger partial charge in [-0.3, -0.25) is 4.79 Å². The summed E-state index contributed by atoms with van der Waals surface area (Å²) < 4.78 is 41.2. The number of carbonyl (C=O) groups excluding carboxylic acids is 1. The van der Waals surface area contributed by atoms with Crippen molar-refractivity contribution in [2.24, 2.45) is 0 Å². The summed E-state index contributed by atoms with van der Waals surface area (Å²) in [6.45, 7) is 0.293. The Labute approximate surface area is 126 Å². The van der Waals surface area contributed by atoms with Crippen LogP contribution in [0.3, 0.4) is 0 Å². The molecule has 2 rings (SSSR count). The molecule has 1 aliphatic carbocycles. The van der Waals surface area contributed by atoms with E-state index in [9.17, 15) is 17.6 Å². The van der Waals surface area contributed by atoms with Crippen LogP contribution in [0.2, 0.25) is 0 Å². The first kappa shape index (κ1) is 16.2. The molecule has 0 atom stereocenters. The zero-order valence-electron chi connectivity index (χ0n) is 11.4. The second kappa shape index (κ2) is 5.90. The first-order chi connectivity index (χ1) is 9.76. The maximum absolute atomic E-state index is 13.4. The Morgan fingerprint density at radius 1 is 1.43 bits per heavy atom. The van der Waals surface area contributed by atoms with E-state index in [1.54, 1.807) is 7.11 Å². The summed E-state index contributed by atoms with van der Waals surface area (Å²) in [7, 11) is 2.64. The van der Waals surface area contributed by atoms with Gasteiger partial charge >= 0.3 is 0 Å². The van der Waals surface area contributed by atoms with Crippen LogP contribution in [0, 0.1) is 5.82 Å². The van der Waals surface area contributed by atoms with Crippen molar-refractivity contribution in [3.8, 4) is 0 Å². The standard InChI is InChI=1S/C13H15ClFNO4S/c1-20-13(3-2-4-13)8-16-12(17)9-5-10(15)7-11(6-9)21(14,18)19/h5-7H,2-4,8H2,1H3,(H,16,17). The van der Waals surface area contributed by atoms with E-state index >= 15 is 0 Å². The SMILES string of the molecule is COC1(CNC(=O)c2cc(F)cc(S(=O)(=O)Cl)c2)CCC1. The highest BCUT2D eigenvalue weighted by Crippen LogP contribution is 2.34. The lowest BCUT2D eigenvalue weighted by Gasteiger charge is -2.40. The molecule has 1 amide bonds. The molecule has 1 aromatic carbocycles. The van der Waals surface area contributed by atoms with Crippen LogP contribution in [0.25, 0.3) is 0 Å². The minimum Gasteiger partial charge on any atom is -0.376 e. The smallest absolute Gasteiger partial charge is 0.261 e. The van der Waals surface area contributed by atoms with E-state index in [0.29, 0.717) is 6.54 Å². The number of rotatable bonds is 5. The molecule has 0 aromatic heterocycles. The van der Waals surface area contributed by atoms with E-state index in [4.69, 9.17) is 15.4 Å². The van der Waals surface area contributed by atoms with Crippen LogP contribution in [0.15, 0.2) is 23.1 Å². The highest BCUT2D eigenvalue weighted by Gasteiger charge is 2.37. The first-order valence-electron chi connectivity index (χ1n) is 6.34. The van der Waals surface area contributed by atoms with Crippen LogP contribution < -0.4 is 5.32 Å². The third-order valence-electron chi connectivity index (χ3n) is 3.68. The number of carbonyl (C=O) groups is 1. The average molecular weight is 336 g/mol. The van der Waals surface area contributed by atoms with Gasteiger partial charge in [0.2, 0.25) is 0 Å². The van der Waals surface area contributed by atoms with Crippen LogP contribution >= 0.6 is 10.7 Å².